The summed E-state index contributed by atoms with van der Waals surface area (Å²) in [6, 6.07) is 6.28. The van der Waals surface area contributed by atoms with Crippen molar-refractivity contribution in [2.45, 2.75) is 39.2 Å². The molecule has 4 nitrogen and oxygen atoms in total. The second-order valence-electron chi connectivity index (χ2n) is 4.89. The SMILES string of the molecule is CCCNC(C)c1ccc(Br)cc1OCCCC(=O)OC. The summed E-state index contributed by atoms with van der Waals surface area (Å²) >= 11 is 3.47. The summed E-state index contributed by atoms with van der Waals surface area (Å²) in [7, 11) is 1.40. The van der Waals surface area contributed by atoms with Crippen LogP contribution < -0.4 is 10.1 Å². The van der Waals surface area contributed by atoms with E-state index in [-0.39, 0.29) is 12.0 Å². The van der Waals surface area contributed by atoms with Crippen LogP contribution in [0, 0.1) is 0 Å². The quantitative estimate of drug-likeness (QED) is 0.538. The van der Waals surface area contributed by atoms with Crippen LogP contribution in [0.3, 0.4) is 0 Å². The van der Waals surface area contributed by atoms with Crippen molar-refractivity contribution in [3.05, 3.63) is 28.2 Å². The zero-order chi connectivity index (χ0) is 15.7. The third-order valence-corrected chi connectivity index (χ3v) is 3.65. The van der Waals surface area contributed by atoms with Gasteiger partial charge in [0.05, 0.1) is 13.7 Å². The number of esters is 1. The van der Waals surface area contributed by atoms with E-state index in [9.17, 15) is 4.79 Å². The van der Waals surface area contributed by atoms with Gasteiger partial charge in [-0.2, -0.15) is 0 Å². The van der Waals surface area contributed by atoms with Gasteiger partial charge in [0.25, 0.3) is 0 Å². The second-order valence-corrected chi connectivity index (χ2v) is 5.80. The maximum Gasteiger partial charge on any atom is 0.305 e. The molecule has 0 bridgehead atoms. The van der Waals surface area contributed by atoms with Gasteiger partial charge < -0.3 is 14.8 Å². The zero-order valence-corrected chi connectivity index (χ0v) is 14.5. The molecule has 118 valence electrons. The van der Waals surface area contributed by atoms with Crippen molar-refractivity contribution in [2.75, 3.05) is 20.3 Å². The molecule has 0 radical (unpaired) electrons. The van der Waals surface area contributed by atoms with Crippen LogP contribution in [0.1, 0.15) is 44.7 Å². The average Bonchev–Trinajstić information content (AvgIpc) is 2.49. The third kappa shape index (κ3) is 6.48. The number of carbonyl (C=O) groups is 1. The van der Waals surface area contributed by atoms with Crippen LogP contribution in [-0.4, -0.2) is 26.2 Å². The summed E-state index contributed by atoms with van der Waals surface area (Å²) in [4.78, 5) is 11.1. The van der Waals surface area contributed by atoms with Gasteiger partial charge in [-0.25, -0.2) is 0 Å². The fraction of sp³-hybridized carbons (Fsp3) is 0.562. The Balaban J connectivity index is 2.62. The van der Waals surface area contributed by atoms with Gasteiger partial charge in [0, 0.05) is 22.5 Å². The van der Waals surface area contributed by atoms with Gasteiger partial charge in [-0.3, -0.25) is 4.79 Å². The molecule has 0 saturated carbocycles. The first kappa shape index (κ1) is 18.0. The number of nitrogens with one attached hydrogen (secondary N) is 1. The number of rotatable bonds is 9. The Hall–Kier alpha value is -1.07. The van der Waals surface area contributed by atoms with Gasteiger partial charge in [0.1, 0.15) is 5.75 Å². The van der Waals surface area contributed by atoms with E-state index in [1.807, 2.05) is 12.1 Å². The largest absolute Gasteiger partial charge is 0.493 e. The van der Waals surface area contributed by atoms with Gasteiger partial charge in [0.2, 0.25) is 0 Å². The Labute approximate surface area is 135 Å². The molecule has 1 aromatic rings. The van der Waals surface area contributed by atoms with Crippen LogP contribution >= 0.6 is 15.9 Å². The highest BCUT2D eigenvalue weighted by Gasteiger charge is 2.12. The normalized spacial score (nSPS) is 12.0. The van der Waals surface area contributed by atoms with Crippen molar-refractivity contribution >= 4 is 21.9 Å². The molecule has 1 N–H and O–H groups in total. The third-order valence-electron chi connectivity index (χ3n) is 3.15. The Bertz CT molecular complexity index is 451. The molecule has 0 aliphatic rings. The standard InChI is InChI=1S/C16H24BrNO3/c1-4-9-18-12(2)14-8-7-13(17)11-15(14)21-10-5-6-16(19)20-3/h7-8,11-12,18H,4-6,9-10H2,1-3H3. The van der Waals surface area contributed by atoms with E-state index in [4.69, 9.17) is 4.74 Å². The Morgan fingerprint density at radius 1 is 1.43 bits per heavy atom. The van der Waals surface area contributed by atoms with E-state index in [0.717, 1.165) is 28.8 Å². The fourth-order valence-corrected chi connectivity index (χ4v) is 2.30. The van der Waals surface area contributed by atoms with E-state index in [0.29, 0.717) is 19.4 Å². The lowest BCUT2D eigenvalue weighted by molar-refractivity contribution is -0.140. The van der Waals surface area contributed by atoms with Crippen LogP contribution in [0.25, 0.3) is 0 Å². The predicted octanol–water partition coefficient (Wildman–Crippen LogP) is 3.84. The van der Waals surface area contributed by atoms with Crippen molar-refractivity contribution in [1.82, 2.24) is 5.32 Å². The maximum absolute atomic E-state index is 11.1. The molecule has 5 heteroatoms. The summed E-state index contributed by atoms with van der Waals surface area (Å²) in [6.07, 6.45) is 2.12. The van der Waals surface area contributed by atoms with Crippen LogP contribution in [0.2, 0.25) is 0 Å². The molecule has 0 aliphatic heterocycles. The molecule has 0 heterocycles. The smallest absolute Gasteiger partial charge is 0.305 e. The van der Waals surface area contributed by atoms with Crippen LogP contribution in [0.5, 0.6) is 5.75 Å². The molecule has 21 heavy (non-hydrogen) atoms. The molecule has 1 aromatic carbocycles. The van der Waals surface area contributed by atoms with Crippen LogP contribution in [0.15, 0.2) is 22.7 Å². The first-order chi connectivity index (χ1) is 10.1. The summed E-state index contributed by atoms with van der Waals surface area (Å²) < 4.78 is 11.4. The van der Waals surface area contributed by atoms with E-state index >= 15 is 0 Å². The zero-order valence-electron chi connectivity index (χ0n) is 12.9. The van der Waals surface area contributed by atoms with Gasteiger partial charge in [0.15, 0.2) is 0 Å². The lowest BCUT2D eigenvalue weighted by Crippen LogP contribution is -2.20. The summed E-state index contributed by atoms with van der Waals surface area (Å²) in [6.45, 7) is 5.74. The molecule has 0 saturated heterocycles. The molecule has 1 rings (SSSR count). The van der Waals surface area contributed by atoms with Crippen LogP contribution in [-0.2, 0) is 9.53 Å². The van der Waals surface area contributed by atoms with E-state index < -0.39 is 0 Å². The van der Waals surface area contributed by atoms with Gasteiger partial charge in [-0.15, -0.1) is 0 Å². The minimum Gasteiger partial charge on any atom is -0.493 e. The topological polar surface area (TPSA) is 47.6 Å². The highest BCUT2D eigenvalue weighted by atomic mass is 79.9. The first-order valence-electron chi connectivity index (χ1n) is 7.31. The number of hydrogen-bond donors (Lipinski definition) is 1. The number of hydrogen-bond acceptors (Lipinski definition) is 4. The molecular weight excluding hydrogens is 334 g/mol. The summed E-state index contributed by atoms with van der Waals surface area (Å²) in [5.41, 5.74) is 1.13. The lowest BCUT2D eigenvalue weighted by atomic mass is 10.1. The highest BCUT2D eigenvalue weighted by molar-refractivity contribution is 9.10. The minimum atomic E-state index is -0.203. The average molecular weight is 358 g/mol. The van der Waals surface area contributed by atoms with Gasteiger partial charge in [-0.05, 0) is 38.4 Å². The van der Waals surface area contributed by atoms with Crippen LogP contribution in [0.4, 0.5) is 0 Å². The molecule has 0 spiro atoms. The van der Waals surface area contributed by atoms with E-state index in [1.54, 1.807) is 0 Å². The van der Waals surface area contributed by atoms with Gasteiger partial charge >= 0.3 is 5.97 Å². The second kappa shape index (κ2) is 9.79. The Morgan fingerprint density at radius 2 is 2.19 bits per heavy atom. The summed E-state index contributed by atoms with van der Waals surface area (Å²) in [5, 5.41) is 3.46. The summed E-state index contributed by atoms with van der Waals surface area (Å²) in [5.74, 6) is 0.649. The van der Waals surface area contributed by atoms with Gasteiger partial charge in [-0.1, -0.05) is 28.9 Å². The molecule has 0 aromatic heterocycles. The highest BCUT2D eigenvalue weighted by Crippen LogP contribution is 2.29. The van der Waals surface area contributed by atoms with Crippen molar-refractivity contribution < 1.29 is 14.3 Å². The molecule has 1 atom stereocenters. The Kier molecular flexibility index (Phi) is 8.38. The molecular formula is C16H24BrNO3. The van der Waals surface area contributed by atoms with Crippen molar-refractivity contribution in [3.8, 4) is 5.75 Å². The lowest BCUT2D eigenvalue weighted by Gasteiger charge is -2.18. The van der Waals surface area contributed by atoms with E-state index in [1.165, 1.54) is 7.11 Å². The number of carbonyl (C=O) groups excluding carboxylic acids is 1. The van der Waals surface area contributed by atoms with Crippen molar-refractivity contribution in [1.29, 1.82) is 0 Å². The van der Waals surface area contributed by atoms with E-state index in [2.05, 4.69) is 45.9 Å². The number of ether oxygens (including phenoxy) is 2. The fourth-order valence-electron chi connectivity index (χ4n) is 1.96. The molecule has 0 aliphatic carbocycles. The molecule has 0 fully saturated rings. The number of benzene rings is 1. The number of methoxy groups -OCH3 is 1. The predicted molar refractivity (Wildman–Crippen MR) is 87.6 cm³/mol. The van der Waals surface area contributed by atoms with Crippen molar-refractivity contribution in [3.63, 3.8) is 0 Å². The first-order valence-corrected chi connectivity index (χ1v) is 8.10. The molecule has 0 amide bonds. The Morgan fingerprint density at radius 3 is 2.86 bits per heavy atom. The monoisotopic (exact) mass is 357 g/mol. The number of halogens is 1. The maximum atomic E-state index is 11.1. The van der Waals surface area contributed by atoms with Crippen molar-refractivity contribution in [2.24, 2.45) is 0 Å². The minimum absolute atomic E-state index is 0.203. The molecule has 1 unspecified atom stereocenters.